The van der Waals surface area contributed by atoms with E-state index in [0.29, 0.717) is 16.4 Å². The first-order chi connectivity index (χ1) is 9.70. The normalized spacial score (nSPS) is 18.1. The molecule has 2 nitrogen and oxygen atoms in total. The maximum atomic E-state index is 13.4. The second-order valence-electron chi connectivity index (χ2n) is 5.47. The Kier molecular flexibility index (Phi) is 6.46. The van der Waals surface area contributed by atoms with Crippen molar-refractivity contribution in [2.45, 2.75) is 38.6 Å². The molecule has 0 saturated carbocycles. The summed E-state index contributed by atoms with van der Waals surface area (Å²) >= 11 is 3.28. The van der Waals surface area contributed by atoms with Gasteiger partial charge in [0.2, 0.25) is 0 Å². The minimum atomic E-state index is -0.200. The minimum absolute atomic E-state index is 0.200. The number of hydrogen-bond donors (Lipinski definition) is 1. The quantitative estimate of drug-likeness (QED) is 0.823. The summed E-state index contributed by atoms with van der Waals surface area (Å²) in [7, 11) is 0. The van der Waals surface area contributed by atoms with Crippen molar-refractivity contribution in [3.8, 4) is 0 Å². The Balaban J connectivity index is 2.06. The summed E-state index contributed by atoms with van der Waals surface area (Å²) in [4.78, 5) is 0. The van der Waals surface area contributed by atoms with Crippen molar-refractivity contribution in [3.05, 3.63) is 34.1 Å². The molecule has 1 saturated heterocycles. The molecule has 0 aliphatic carbocycles. The third-order valence-corrected chi connectivity index (χ3v) is 4.50. The van der Waals surface area contributed by atoms with E-state index in [1.54, 1.807) is 6.07 Å². The fourth-order valence-corrected chi connectivity index (χ4v) is 3.10. The molecule has 1 unspecified atom stereocenters. The molecule has 1 aliphatic rings. The molecule has 112 valence electrons. The van der Waals surface area contributed by atoms with Crippen molar-refractivity contribution in [2.75, 3.05) is 19.8 Å². The molecule has 1 fully saturated rings. The summed E-state index contributed by atoms with van der Waals surface area (Å²) in [5, 5.41) is 3.60. The van der Waals surface area contributed by atoms with Crippen LogP contribution in [0.25, 0.3) is 0 Å². The van der Waals surface area contributed by atoms with E-state index < -0.39 is 0 Å². The van der Waals surface area contributed by atoms with Gasteiger partial charge in [0.15, 0.2) is 0 Å². The van der Waals surface area contributed by atoms with Gasteiger partial charge in [0.25, 0.3) is 0 Å². The molecule has 1 atom stereocenters. The van der Waals surface area contributed by atoms with Gasteiger partial charge < -0.3 is 10.1 Å². The standard InChI is InChI=1S/C16H23BrFNO/c1-2-7-19-16(10-12-5-8-20-9-6-12)13-3-4-15(18)14(17)11-13/h3-4,11-12,16,19H,2,5-10H2,1H3. The lowest BCUT2D eigenvalue weighted by atomic mass is 9.89. The van der Waals surface area contributed by atoms with Gasteiger partial charge in [-0.3, -0.25) is 0 Å². The van der Waals surface area contributed by atoms with Crippen molar-refractivity contribution in [2.24, 2.45) is 5.92 Å². The van der Waals surface area contributed by atoms with Gasteiger partial charge in [-0.05, 0) is 71.8 Å². The average molecular weight is 344 g/mol. The van der Waals surface area contributed by atoms with E-state index in [2.05, 4.69) is 28.2 Å². The number of halogens is 2. The SMILES string of the molecule is CCCNC(CC1CCOCC1)c1ccc(F)c(Br)c1. The highest BCUT2D eigenvalue weighted by Gasteiger charge is 2.20. The number of hydrogen-bond acceptors (Lipinski definition) is 2. The van der Waals surface area contributed by atoms with Gasteiger partial charge in [-0.25, -0.2) is 4.39 Å². The summed E-state index contributed by atoms with van der Waals surface area (Å²) in [6.45, 7) is 4.90. The third-order valence-electron chi connectivity index (χ3n) is 3.90. The summed E-state index contributed by atoms with van der Waals surface area (Å²) in [6.07, 6.45) is 4.47. The minimum Gasteiger partial charge on any atom is -0.381 e. The van der Waals surface area contributed by atoms with Crippen molar-refractivity contribution < 1.29 is 9.13 Å². The van der Waals surface area contributed by atoms with E-state index >= 15 is 0 Å². The molecule has 0 aromatic heterocycles. The molecule has 20 heavy (non-hydrogen) atoms. The Morgan fingerprint density at radius 2 is 2.15 bits per heavy atom. The molecule has 1 heterocycles. The van der Waals surface area contributed by atoms with Crippen molar-refractivity contribution in [1.82, 2.24) is 5.32 Å². The van der Waals surface area contributed by atoms with Crippen LogP contribution in [0.3, 0.4) is 0 Å². The summed E-state index contributed by atoms with van der Waals surface area (Å²) in [6, 6.07) is 5.65. The number of nitrogens with one attached hydrogen (secondary N) is 1. The van der Waals surface area contributed by atoms with E-state index in [1.165, 1.54) is 5.56 Å². The van der Waals surface area contributed by atoms with Crippen molar-refractivity contribution in [3.63, 3.8) is 0 Å². The Labute approximate surface area is 129 Å². The molecule has 4 heteroatoms. The molecule has 0 bridgehead atoms. The van der Waals surface area contributed by atoms with E-state index in [9.17, 15) is 4.39 Å². The summed E-state index contributed by atoms with van der Waals surface area (Å²) in [5.74, 6) is 0.496. The van der Waals surface area contributed by atoms with Crippen LogP contribution < -0.4 is 5.32 Å². The number of ether oxygens (including phenoxy) is 1. The lowest BCUT2D eigenvalue weighted by molar-refractivity contribution is 0.0605. The van der Waals surface area contributed by atoms with E-state index in [4.69, 9.17) is 4.74 Å². The molecule has 1 aromatic carbocycles. The van der Waals surface area contributed by atoms with E-state index in [1.807, 2.05) is 12.1 Å². The van der Waals surface area contributed by atoms with Crippen LogP contribution in [-0.2, 0) is 4.74 Å². The maximum absolute atomic E-state index is 13.4. The molecule has 0 amide bonds. The van der Waals surface area contributed by atoms with Gasteiger partial charge in [-0.1, -0.05) is 13.0 Å². The lowest BCUT2D eigenvalue weighted by Gasteiger charge is -2.28. The monoisotopic (exact) mass is 343 g/mol. The van der Waals surface area contributed by atoms with Crippen LogP contribution in [0.2, 0.25) is 0 Å². The Bertz CT molecular complexity index is 421. The molecule has 0 radical (unpaired) electrons. The average Bonchev–Trinajstić information content (AvgIpc) is 2.47. The zero-order valence-electron chi connectivity index (χ0n) is 12.0. The molecule has 1 N–H and O–H groups in total. The first-order valence-electron chi connectivity index (χ1n) is 7.46. The van der Waals surface area contributed by atoms with Crippen molar-refractivity contribution >= 4 is 15.9 Å². The summed E-state index contributed by atoms with van der Waals surface area (Å²) in [5.41, 5.74) is 1.17. The van der Waals surface area contributed by atoms with Gasteiger partial charge >= 0.3 is 0 Å². The highest BCUT2D eigenvalue weighted by Crippen LogP contribution is 2.29. The van der Waals surface area contributed by atoms with Crippen LogP contribution in [-0.4, -0.2) is 19.8 Å². The topological polar surface area (TPSA) is 21.3 Å². The van der Waals surface area contributed by atoms with Crippen LogP contribution in [0.5, 0.6) is 0 Å². The van der Waals surface area contributed by atoms with Crippen molar-refractivity contribution in [1.29, 1.82) is 0 Å². The van der Waals surface area contributed by atoms with Gasteiger partial charge in [0.05, 0.1) is 4.47 Å². The van der Waals surface area contributed by atoms with Crippen LogP contribution in [0.1, 0.15) is 44.2 Å². The first kappa shape index (κ1) is 15.9. The second-order valence-corrected chi connectivity index (χ2v) is 6.33. The van der Waals surface area contributed by atoms with E-state index in [0.717, 1.165) is 45.4 Å². The van der Waals surface area contributed by atoms with Crippen LogP contribution in [0.15, 0.2) is 22.7 Å². The fourth-order valence-electron chi connectivity index (χ4n) is 2.70. The Hall–Kier alpha value is -0.450. The highest BCUT2D eigenvalue weighted by atomic mass is 79.9. The molecule has 0 spiro atoms. The van der Waals surface area contributed by atoms with E-state index in [-0.39, 0.29) is 5.82 Å². The third kappa shape index (κ3) is 4.54. The van der Waals surface area contributed by atoms with Gasteiger partial charge in [0.1, 0.15) is 5.82 Å². The smallest absolute Gasteiger partial charge is 0.137 e. The molecule has 2 rings (SSSR count). The van der Waals surface area contributed by atoms with Crippen LogP contribution in [0, 0.1) is 11.7 Å². The van der Waals surface area contributed by atoms with Crippen LogP contribution in [0.4, 0.5) is 4.39 Å². The predicted octanol–water partition coefficient (Wildman–Crippen LogP) is 4.45. The highest BCUT2D eigenvalue weighted by molar-refractivity contribution is 9.10. The number of rotatable bonds is 6. The van der Waals surface area contributed by atoms with Gasteiger partial charge in [-0.15, -0.1) is 0 Å². The molecule has 1 aromatic rings. The zero-order chi connectivity index (χ0) is 14.4. The van der Waals surface area contributed by atoms with Gasteiger partial charge in [0, 0.05) is 19.3 Å². The molecule has 1 aliphatic heterocycles. The Morgan fingerprint density at radius 3 is 2.80 bits per heavy atom. The second kappa shape index (κ2) is 8.11. The first-order valence-corrected chi connectivity index (χ1v) is 8.26. The fraction of sp³-hybridized carbons (Fsp3) is 0.625. The van der Waals surface area contributed by atoms with Gasteiger partial charge in [-0.2, -0.15) is 0 Å². The molecular weight excluding hydrogens is 321 g/mol. The zero-order valence-corrected chi connectivity index (χ0v) is 13.6. The number of benzene rings is 1. The Morgan fingerprint density at radius 1 is 1.40 bits per heavy atom. The van der Waals surface area contributed by atoms with Crippen LogP contribution >= 0.6 is 15.9 Å². The molecular formula is C16H23BrFNO. The maximum Gasteiger partial charge on any atom is 0.137 e. The largest absolute Gasteiger partial charge is 0.381 e. The lowest BCUT2D eigenvalue weighted by Crippen LogP contribution is -2.27. The summed E-state index contributed by atoms with van der Waals surface area (Å²) < 4.78 is 19.4. The predicted molar refractivity (Wildman–Crippen MR) is 83.3 cm³/mol.